The summed E-state index contributed by atoms with van der Waals surface area (Å²) in [6, 6.07) is 11.4. The van der Waals surface area contributed by atoms with E-state index >= 15 is 0 Å². The molecule has 1 aromatic heterocycles. The average molecular weight is 331 g/mol. The Morgan fingerprint density at radius 3 is 2.41 bits per heavy atom. The van der Waals surface area contributed by atoms with Crippen molar-refractivity contribution in [3.8, 4) is 0 Å². The molecule has 0 aliphatic carbocycles. The predicted molar refractivity (Wildman–Crippen MR) is 76.1 cm³/mol. The Morgan fingerprint density at radius 1 is 1.12 bits per heavy atom. The molecule has 17 heavy (non-hydrogen) atoms. The normalized spacial score (nSPS) is 12.4. The number of aromatic nitrogens is 1. The molecule has 0 amide bonds. The Morgan fingerprint density at radius 2 is 1.82 bits per heavy atom. The molecule has 88 valence electrons. The van der Waals surface area contributed by atoms with Gasteiger partial charge in [0.25, 0.3) is 0 Å². The number of halogens is 3. The third-order valence-corrected chi connectivity index (χ3v) is 3.65. The summed E-state index contributed by atoms with van der Waals surface area (Å²) in [6.07, 6.45) is 2.59. The van der Waals surface area contributed by atoms with Crippen molar-refractivity contribution in [2.24, 2.45) is 0 Å². The summed E-state index contributed by atoms with van der Waals surface area (Å²) in [5.41, 5.74) is 2.10. The summed E-state index contributed by atoms with van der Waals surface area (Å²) >= 11 is 15.6. The zero-order valence-electron chi connectivity index (χ0n) is 8.91. The van der Waals surface area contributed by atoms with Crippen LogP contribution < -0.4 is 0 Å². The predicted octanol–water partition coefficient (Wildman–Crippen LogP) is 5.07. The van der Waals surface area contributed by atoms with Crippen LogP contribution in [0.4, 0.5) is 0 Å². The fraction of sp³-hybridized carbons (Fsp3) is 0.154. The molecule has 0 fully saturated rings. The van der Waals surface area contributed by atoms with E-state index < -0.39 is 0 Å². The van der Waals surface area contributed by atoms with Crippen molar-refractivity contribution in [2.75, 3.05) is 0 Å². The highest BCUT2D eigenvalue weighted by atomic mass is 79.9. The first-order chi connectivity index (χ1) is 8.15. The van der Waals surface area contributed by atoms with Crippen molar-refractivity contribution in [3.63, 3.8) is 0 Å². The molecule has 0 saturated carbocycles. The molecule has 1 aromatic carbocycles. The summed E-state index contributed by atoms with van der Waals surface area (Å²) in [6.45, 7) is 0. The number of pyridine rings is 1. The Balaban J connectivity index is 2.17. The zero-order valence-corrected chi connectivity index (χ0v) is 12.0. The number of benzene rings is 1. The van der Waals surface area contributed by atoms with Crippen LogP contribution in [0.1, 0.15) is 16.1 Å². The average Bonchev–Trinajstić information content (AvgIpc) is 2.29. The van der Waals surface area contributed by atoms with Gasteiger partial charge in [-0.15, -0.1) is 0 Å². The molecule has 0 N–H and O–H groups in total. The monoisotopic (exact) mass is 329 g/mol. The highest BCUT2D eigenvalue weighted by molar-refractivity contribution is 9.09. The molecule has 0 aliphatic heterocycles. The second-order valence-electron chi connectivity index (χ2n) is 3.70. The molecule has 4 heteroatoms. The highest BCUT2D eigenvalue weighted by Crippen LogP contribution is 2.30. The van der Waals surface area contributed by atoms with Gasteiger partial charge in [0, 0.05) is 33.2 Å². The maximum atomic E-state index is 5.98. The summed E-state index contributed by atoms with van der Waals surface area (Å²) in [7, 11) is 0. The summed E-state index contributed by atoms with van der Waals surface area (Å²) in [5.74, 6) is 0. The van der Waals surface area contributed by atoms with Crippen LogP contribution in [0, 0.1) is 0 Å². The second kappa shape index (κ2) is 5.85. The summed E-state index contributed by atoms with van der Waals surface area (Å²) < 4.78 is 0. The molecule has 0 aliphatic rings. The Kier molecular flexibility index (Phi) is 4.43. The van der Waals surface area contributed by atoms with Crippen LogP contribution in [0.2, 0.25) is 10.0 Å². The lowest BCUT2D eigenvalue weighted by Crippen LogP contribution is -1.97. The minimum atomic E-state index is 0.161. The first-order valence-electron chi connectivity index (χ1n) is 5.15. The van der Waals surface area contributed by atoms with E-state index in [0.717, 1.165) is 17.7 Å². The summed E-state index contributed by atoms with van der Waals surface area (Å²) in [4.78, 5) is 4.45. The quantitative estimate of drug-likeness (QED) is 0.716. The van der Waals surface area contributed by atoms with E-state index in [2.05, 4.69) is 20.9 Å². The molecule has 2 rings (SSSR count). The van der Waals surface area contributed by atoms with Crippen LogP contribution in [0.5, 0.6) is 0 Å². The van der Waals surface area contributed by atoms with Gasteiger partial charge >= 0.3 is 0 Å². The number of rotatable bonds is 3. The van der Waals surface area contributed by atoms with E-state index in [0.29, 0.717) is 10.0 Å². The van der Waals surface area contributed by atoms with E-state index in [-0.39, 0.29) is 4.83 Å². The molecule has 1 heterocycles. The Bertz CT molecular complexity index is 482. The molecule has 0 spiro atoms. The topological polar surface area (TPSA) is 12.9 Å². The van der Waals surface area contributed by atoms with E-state index in [9.17, 15) is 0 Å². The Hall–Kier alpha value is -0.570. The van der Waals surface area contributed by atoms with E-state index in [4.69, 9.17) is 23.2 Å². The van der Waals surface area contributed by atoms with Gasteiger partial charge in [-0.25, -0.2) is 0 Å². The van der Waals surface area contributed by atoms with Gasteiger partial charge in [-0.05, 0) is 35.9 Å². The van der Waals surface area contributed by atoms with E-state index in [1.165, 1.54) is 0 Å². The van der Waals surface area contributed by atoms with Gasteiger partial charge in [-0.2, -0.15) is 0 Å². The largest absolute Gasteiger partial charge is 0.261 e. The minimum Gasteiger partial charge on any atom is -0.261 e. The van der Waals surface area contributed by atoms with Crippen LogP contribution in [0.15, 0.2) is 42.6 Å². The van der Waals surface area contributed by atoms with Gasteiger partial charge in [0.05, 0.1) is 0 Å². The lowest BCUT2D eigenvalue weighted by atomic mass is 10.1. The first-order valence-corrected chi connectivity index (χ1v) is 6.82. The molecule has 0 saturated heterocycles. The van der Waals surface area contributed by atoms with Gasteiger partial charge in [0.15, 0.2) is 0 Å². The maximum absolute atomic E-state index is 5.98. The second-order valence-corrected chi connectivity index (χ2v) is 5.67. The third-order valence-electron chi connectivity index (χ3n) is 2.36. The van der Waals surface area contributed by atoms with E-state index in [1.807, 2.05) is 30.3 Å². The van der Waals surface area contributed by atoms with Crippen molar-refractivity contribution >= 4 is 39.1 Å². The number of alkyl halides is 1. The number of nitrogens with zero attached hydrogens (tertiary/aromatic N) is 1. The SMILES string of the molecule is Clc1cc(Cl)cc(C(Br)Cc2ccccn2)c1. The minimum absolute atomic E-state index is 0.161. The van der Waals surface area contributed by atoms with Crippen molar-refractivity contribution in [2.45, 2.75) is 11.2 Å². The maximum Gasteiger partial charge on any atom is 0.0451 e. The lowest BCUT2D eigenvalue weighted by Gasteiger charge is -2.10. The van der Waals surface area contributed by atoms with Crippen LogP contribution in [0.3, 0.4) is 0 Å². The number of hydrogen-bond acceptors (Lipinski definition) is 1. The molecule has 2 aromatic rings. The molecule has 1 unspecified atom stereocenters. The highest BCUT2D eigenvalue weighted by Gasteiger charge is 2.10. The first kappa shape index (κ1) is 12.9. The van der Waals surface area contributed by atoms with Crippen LogP contribution in [-0.2, 0) is 6.42 Å². The van der Waals surface area contributed by atoms with Crippen LogP contribution in [-0.4, -0.2) is 4.98 Å². The van der Waals surface area contributed by atoms with Crippen molar-refractivity contribution in [1.29, 1.82) is 0 Å². The fourth-order valence-corrected chi connectivity index (χ4v) is 2.72. The van der Waals surface area contributed by atoms with Crippen molar-refractivity contribution in [1.82, 2.24) is 4.98 Å². The van der Waals surface area contributed by atoms with Crippen LogP contribution in [0.25, 0.3) is 0 Å². The molecular formula is C13H10BrCl2N. The van der Waals surface area contributed by atoms with Gasteiger partial charge in [0.1, 0.15) is 0 Å². The Labute approximate surface area is 119 Å². The molecule has 0 radical (unpaired) electrons. The summed E-state index contributed by atoms with van der Waals surface area (Å²) in [5, 5.41) is 1.30. The molecular weight excluding hydrogens is 321 g/mol. The standard InChI is InChI=1S/C13H10BrCl2N/c14-13(8-12-3-1-2-4-17-12)9-5-10(15)7-11(16)6-9/h1-7,13H,8H2. The van der Waals surface area contributed by atoms with Crippen LogP contribution >= 0.6 is 39.1 Å². The van der Waals surface area contributed by atoms with Gasteiger partial charge < -0.3 is 0 Å². The van der Waals surface area contributed by atoms with Gasteiger partial charge in [0.2, 0.25) is 0 Å². The number of hydrogen-bond donors (Lipinski definition) is 0. The zero-order chi connectivity index (χ0) is 12.3. The van der Waals surface area contributed by atoms with Crippen molar-refractivity contribution in [3.05, 3.63) is 63.9 Å². The van der Waals surface area contributed by atoms with Crippen molar-refractivity contribution < 1.29 is 0 Å². The van der Waals surface area contributed by atoms with Gasteiger partial charge in [-0.1, -0.05) is 45.2 Å². The fourth-order valence-electron chi connectivity index (χ4n) is 1.58. The molecule has 1 nitrogen and oxygen atoms in total. The van der Waals surface area contributed by atoms with E-state index in [1.54, 1.807) is 12.3 Å². The molecule has 1 atom stereocenters. The third kappa shape index (κ3) is 3.70. The van der Waals surface area contributed by atoms with Gasteiger partial charge in [-0.3, -0.25) is 4.98 Å². The smallest absolute Gasteiger partial charge is 0.0451 e. The molecule has 0 bridgehead atoms. The lowest BCUT2D eigenvalue weighted by molar-refractivity contribution is 0.905.